The summed E-state index contributed by atoms with van der Waals surface area (Å²) in [6, 6.07) is 10.1. The average molecular weight is 418 g/mol. The summed E-state index contributed by atoms with van der Waals surface area (Å²) in [6.07, 6.45) is 1.58. The van der Waals surface area contributed by atoms with Gasteiger partial charge in [0.15, 0.2) is 0 Å². The van der Waals surface area contributed by atoms with Crippen LogP contribution in [0.2, 0.25) is 20.1 Å². The van der Waals surface area contributed by atoms with Gasteiger partial charge in [0, 0.05) is 10.0 Å². The van der Waals surface area contributed by atoms with Crippen molar-refractivity contribution in [1.82, 2.24) is 5.01 Å². The van der Waals surface area contributed by atoms with E-state index in [1.54, 1.807) is 30.5 Å². The summed E-state index contributed by atoms with van der Waals surface area (Å²) in [7, 11) is 0. The topological polar surface area (TPSA) is 32.7 Å². The van der Waals surface area contributed by atoms with Gasteiger partial charge in [0.05, 0.1) is 27.4 Å². The van der Waals surface area contributed by atoms with Gasteiger partial charge in [0.1, 0.15) is 0 Å². The summed E-state index contributed by atoms with van der Waals surface area (Å²) in [5.74, 6) is -0.396. The molecule has 0 aliphatic rings. The molecule has 0 N–H and O–H groups in total. The molecule has 0 spiro atoms. The van der Waals surface area contributed by atoms with Crippen molar-refractivity contribution in [2.24, 2.45) is 5.10 Å². The molecule has 0 saturated heterocycles. The Morgan fingerprint density at radius 2 is 1.60 bits per heavy atom. The van der Waals surface area contributed by atoms with Crippen LogP contribution >= 0.6 is 46.4 Å². The maximum atomic E-state index is 13.0. The molecule has 0 aromatic heterocycles. The second kappa shape index (κ2) is 7.96. The van der Waals surface area contributed by atoms with Gasteiger partial charge in [-0.05, 0) is 50.6 Å². The molecular formula is C18H16Cl4N2O. The summed E-state index contributed by atoms with van der Waals surface area (Å²) in [6.45, 7) is 5.60. The van der Waals surface area contributed by atoms with E-state index in [0.29, 0.717) is 10.0 Å². The van der Waals surface area contributed by atoms with Gasteiger partial charge in [-0.1, -0.05) is 58.5 Å². The summed E-state index contributed by atoms with van der Waals surface area (Å²) in [5, 5.41) is 7.00. The van der Waals surface area contributed by atoms with Gasteiger partial charge in [-0.15, -0.1) is 0 Å². The monoisotopic (exact) mass is 416 g/mol. The number of hydrogen-bond donors (Lipinski definition) is 0. The number of nitrogens with zero attached hydrogens (tertiary/aromatic N) is 2. The largest absolute Gasteiger partial charge is 0.276 e. The lowest BCUT2D eigenvalue weighted by Gasteiger charge is -2.31. The van der Waals surface area contributed by atoms with Gasteiger partial charge in [0.25, 0.3) is 5.91 Å². The van der Waals surface area contributed by atoms with Gasteiger partial charge in [-0.2, -0.15) is 5.10 Å². The van der Waals surface area contributed by atoms with Gasteiger partial charge in [-0.25, -0.2) is 5.01 Å². The van der Waals surface area contributed by atoms with Crippen molar-refractivity contribution in [2.45, 2.75) is 26.3 Å². The number of rotatable bonds is 3. The number of carbonyl (C=O) groups excluding carboxylic acids is 1. The molecule has 0 saturated carbocycles. The lowest BCUT2D eigenvalue weighted by molar-refractivity contribution is 0.0594. The lowest BCUT2D eigenvalue weighted by Crippen LogP contribution is -2.42. The van der Waals surface area contributed by atoms with Crippen LogP contribution in [0.15, 0.2) is 41.5 Å². The SMILES string of the molecule is CC(C)(C)N(/N=C/c1ccc(Cl)cc1)C(=O)c1cc(Cl)cc(Cl)c1Cl. The predicted octanol–water partition coefficient (Wildman–Crippen LogP) is 6.58. The van der Waals surface area contributed by atoms with Crippen LogP contribution in [0.5, 0.6) is 0 Å². The molecule has 0 radical (unpaired) electrons. The van der Waals surface area contributed by atoms with E-state index < -0.39 is 11.4 Å². The Balaban J connectivity index is 2.41. The van der Waals surface area contributed by atoms with Gasteiger partial charge >= 0.3 is 0 Å². The Morgan fingerprint density at radius 3 is 2.16 bits per heavy atom. The Labute approximate surface area is 167 Å². The van der Waals surface area contributed by atoms with E-state index in [2.05, 4.69) is 5.10 Å². The quantitative estimate of drug-likeness (QED) is 0.315. The van der Waals surface area contributed by atoms with Crippen LogP contribution in [-0.2, 0) is 0 Å². The van der Waals surface area contributed by atoms with Crippen molar-refractivity contribution in [3.05, 3.63) is 67.6 Å². The summed E-state index contributed by atoms with van der Waals surface area (Å²) >= 11 is 24.1. The molecule has 0 fully saturated rings. The highest BCUT2D eigenvalue weighted by atomic mass is 35.5. The van der Waals surface area contributed by atoms with Gasteiger partial charge < -0.3 is 0 Å². The Kier molecular flexibility index (Phi) is 6.39. The van der Waals surface area contributed by atoms with Crippen molar-refractivity contribution in [2.75, 3.05) is 0 Å². The molecule has 0 bridgehead atoms. The molecule has 2 aromatic rings. The van der Waals surface area contributed by atoms with E-state index in [4.69, 9.17) is 46.4 Å². The highest BCUT2D eigenvalue weighted by molar-refractivity contribution is 6.45. The third-order valence-corrected chi connectivity index (χ3v) is 4.52. The molecule has 7 heteroatoms. The second-order valence-electron chi connectivity index (χ2n) is 6.33. The van der Waals surface area contributed by atoms with Crippen molar-refractivity contribution in [3.8, 4) is 0 Å². The third-order valence-electron chi connectivity index (χ3n) is 3.24. The Morgan fingerprint density at radius 1 is 1.00 bits per heavy atom. The minimum absolute atomic E-state index is 0.145. The third kappa shape index (κ3) is 5.11. The summed E-state index contributed by atoms with van der Waals surface area (Å²) in [4.78, 5) is 13.0. The molecule has 2 rings (SSSR count). The molecule has 0 heterocycles. The van der Waals surface area contributed by atoms with Crippen LogP contribution in [0.4, 0.5) is 0 Å². The molecule has 0 aliphatic carbocycles. The minimum Gasteiger partial charge on any atom is -0.267 e. The van der Waals surface area contributed by atoms with E-state index in [0.717, 1.165) is 5.56 Å². The van der Waals surface area contributed by atoms with Crippen LogP contribution in [0.1, 0.15) is 36.7 Å². The van der Waals surface area contributed by atoms with Crippen molar-refractivity contribution in [3.63, 3.8) is 0 Å². The molecule has 1 amide bonds. The zero-order chi connectivity index (χ0) is 18.8. The smallest absolute Gasteiger partial charge is 0.267 e. The normalized spacial score (nSPS) is 11.8. The van der Waals surface area contributed by atoms with E-state index in [1.165, 1.54) is 17.1 Å². The fourth-order valence-corrected chi connectivity index (χ4v) is 2.84. The van der Waals surface area contributed by atoms with E-state index in [-0.39, 0.29) is 15.6 Å². The standard InChI is InChI=1S/C18H16Cl4N2O/c1-18(2,3)24(23-10-11-4-6-12(19)7-5-11)17(25)14-8-13(20)9-15(21)16(14)22/h4-10H,1-3H3/b23-10+. The van der Waals surface area contributed by atoms with E-state index in [9.17, 15) is 4.79 Å². The van der Waals surface area contributed by atoms with Crippen molar-refractivity contribution >= 4 is 58.5 Å². The molecule has 25 heavy (non-hydrogen) atoms. The molecule has 2 aromatic carbocycles. The van der Waals surface area contributed by atoms with Crippen LogP contribution in [-0.4, -0.2) is 22.7 Å². The predicted molar refractivity (Wildman–Crippen MR) is 106 cm³/mol. The second-order valence-corrected chi connectivity index (χ2v) is 7.99. The fraction of sp³-hybridized carbons (Fsp3) is 0.222. The van der Waals surface area contributed by atoms with E-state index >= 15 is 0 Å². The first-order valence-electron chi connectivity index (χ1n) is 7.38. The van der Waals surface area contributed by atoms with E-state index in [1.807, 2.05) is 20.8 Å². The van der Waals surface area contributed by atoms with Crippen molar-refractivity contribution < 1.29 is 4.79 Å². The van der Waals surface area contributed by atoms with Crippen molar-refractivity contribution in [1.29, 1.82) is 0 Å². The fourth-order valence-electron chi connectivity index (χ4n) is 2.03. The number of hydrazone groups is 1. The Bertz CT molecular complexity index is 811. The Hall–Kier alpha value is -1.26. The van der Waals surface area contributed by atoms with Crippen LogP contribution in [0.3, 0.4) is 0 Å². The van der Waals surface area contributed by atoms with Gasteiger partial charge in [-0.3, -0.25) is 4.79 Å². The minimum atomic E-state index is -0.585. The number of carbonyl (C=O) groups is 1. The molecule has 0 atom stereocenters. The van der Waals surface area contributed by atoms with Gasteiger partial charge in [0.2, 0.25) is 0 Å². The summed E-state index contributed by atoms with van der Waals surface area (Å²) < 4.78 is 0. The molecule has 0 unspecified atom stereocenters. The van der Waals surface area contributed by atoms with Crippen LogP contribution < -0.4 is 0 Å². The zero-order valence-corrected chi connectivity index (χ0v) is 16.9. The highest BCUT2D eigenvalue weighted by Crippen LogP contribution is 2.32. The maximum absolute atomic E-state index is 13.0. The average Bonchev–Trinajstić information content (AvgIpc) is 2.51. The number of amides is 1. The first-order chi connectivity index (χ1) is 11.6. The first kappa shape index (κ1) is 20.1. The number of hydrogen-bond acceptors (Lipinski definition) is 2. The lowest BCUT2D eigenvalue weighted by atomic mass is 10.1. The number of halogens is 4. The highest BCUT2D eigenvalue weighted by Gasteiger charge is 2.29. The number of benzene rings is 2. The zero-order valence-electron chi connectivity index (χ0n) is 13.9. The maximum Gasteiger partial charge on any atom is 0.276 e. The van der Waals surface area contributed by atoms with Crippen LogP contribution in [0, 0.1) is 0 Å². The molecule has 3 nitrogen and oxygen atoms in total. The molecular weight excluding hydrogens is 402 g/mol. The first-order valence-corrected chi connectivity index (χ1v) is 8.89. The summed E-state index contributed by atoms with van der Waals surface area (Å²) in [5.41, 5.74) is 0.419. The van der Waals surface area contributed by atoms with Crippen LogP contribution in [0.25, 0.3) is 0 Å². The molecule has 132 valence electrons. The molecule has 0 aliphatic heterocycles.